The Morgan fingerprint density at radius 3 is 2.85 bits per heavy atom. The van der Waals surface area contributed by atoms with Crippen molar-refractivity contribution < 1.29 is 19.4 Å². The number of hydrogen-bond donors (Lipinski definition) is 1. The maximum absolute atomic E-state index is 12.5. The summed E-state index contributed by atoms with van der Waals surface area (Å²) in [5.41, 5.74) is 0.0744. The number of nitrogens with zero attached hydrogens (tertiary/aromatic N) is 2. The summed E-state index contributed by atoms with van der Waals surface area (Å²) in [4.78, 5) is 18.5. The van der Waals surface area contributed by atoms with E-state index in [-0.39, 0.29) is 5.92 Å². The molecule has 0 aromatic heterocycles. The van der Waals surface area contributed by atoms with Crippen molar-refractivity contribution >= 4 is 11.8 Å². The molecule has 1 saturated heterocycles. The number of amides is 1. The first-order valence-corrected chi connectivity index (χ1v) is 9.40. The number of aliphatic hydroxyl groups is 1. The first-order chi connectivity index (χ1) is 12.5. The Balaban J connectivity index is 1.46. The van der Waals surface area contributed by atoms with E-state index >= 15 is 0 Å². The van der Waals surface area contributed by atoms with Gasteiger partial charge < -0.3 is 14.6 Å². The Labute approximate surface area is 153 Å². The molecule has 0 aromatic carbocycles. The largest absolute Gasteiger partial charge is 0.497 e. The summed E-state index contributed by atoms with van der Waals surface area (Å²) >= 11 is 0. The second-order valence-corrected chi connectivity index (χ2v) is 7.69. The third-order valence-corrected chi connectivity index (χ3v) is 6.26. The van der Waals surface area contributed by atoms with Crippen LogP contribution in [0.15, 0.2) is 40.8 Å². The van der Waals surface area contributed by atoms with Crippen LogP contribution in [0.4, 0.5) is 4.79 Å². The molecular weight excluding hydrogens is 332 g/mol. The van der Waals surface area contributed by atoms with E-state index in [0.29, 0.717) is 13.0 Å². The van der Waals surface area contributed by atoms with Gasteiger partial charge in [-0.1, -0.05) is 6.42 Å². The van der Waals surface area contributed by atoms with E-state index < -0.39 is 17.4 Å². The smallest absolute Gasteiger partial charge is 0.412 e. The van der Waals surface area contributed by atoms with Crippen molar-refractivity contribution in [3.05, 3.63) is 35.8 Å². The van der Waals surface area contributed by atoms with Gasteiger partial charge >= 0.3 is 6.09 Å². The van der Waals surface area contributed by atoms with Crippen LogP contribution < -0.4 is 0 Å². The number of ether oxygens (including phenoxy) is 2. The molecule has 26 heavy (non-hydrogen) atoms. The Bertz CT molecular complexity index is 726. The van der Waals surface area contributed by atoms with Crippen molar-refractivity contribution in [2.75, 3.05) is 13.7 Å². The van der Waals surface area contributed by atoms with Gasteiger partial charge in [-0.2, -0.15) is 0 Å². The summed E-state index contributed by atoms with van der Waals surface area (Å²) in [5.74, 6) is 0.901. The average Bonchev–Trinajstić information content (AvgIpc) is 3.11. The molecule has 6 nitrogen and oxygen atoms in total. The number of fused-ring (bicyclic) bond motifs is 1. The van der Waals surface area contributed by atoms with E-state index in [1.54, 1.807) is 14.0 Å². The van der Waals surface area contributed by atoms with Crippen molar-refractivity contribution in [1.82, 2.24) is 4.90 Å². The van der Waals surface area contributed by atoms with Crippen LogP contribution in [0.2, 0.25) is 0 Å². The Kier molecular flexibility index (Phi) is 4.18. The van der Waals surface area contributed by atoms with E-state index in [2.05, 4.69) is 4.99 Å². The molecule has 6 heteroatoms. The number of aliphatic imine (C=N–C) groups is 1. The molecule has 4 rings (SSSR count). The molecule has 2 aliphatic heterocycles. The summed E-state index contributed by atoms with van der Waals surface area (Å²) in [6.45, 7) is 2.14. The topological polar surface area (TPSA) is 71.4 Å². The maximum atomic E-state index is 12.5. The maximum Gasteiger partial charge on any atom is 0.412 e. The minimum Gasteiger partial charge on any atom is -0.497 e. The molecule has 4 aliphatic rings. The number of carbonyl (C=O) groups excluding carboxylic acids is 1. The van der Waals surface area contributed by atoms with Gasteiger partial charge in [0.1, 0.15) is 5.76 Å². The van der Waals surface area contributed by atoms with Crippen molar-refractivity contribution in [2.24, 2.45) is 10.9 Å². The molecule has 1 spiro atoms. The molecule has 140 valence electrons. The van der Waals surface area contributed by atoms with Crippen LogP contribution in [0.25, 0.3) is 0 Å². The fourth-order valence-corrected chi connectivity index (χ4v) is 4.58. The molecule has 0 unspecified atom stereocenters. The normalized spacial score (nSPS) is 32.1. The highest BCUT2D eigenvalue weighted by Gasteiger charge is 2.61. The van der Waals surface area contributed by atoms with Crippen molar-refractivity contribution in [3.63, 3.8) is 0 Å². The average molecular weight is 358 g/mol. The van der Waals surface area contributed by atoms with Crippen LogP contribution in [-0.4, -0.2) is 46.8 Å². The zero-order chi connectivity index (χ0) is 18.4. The second kappa shape index (κ2) is 6.27. The van der Waals surface area contributed by atoms with Crippen LogP contribution >= 0.6 is 0 Å². The lowest BCUT2D eigenvalue weighted by molar-refractivity contribution is -0.158. The summed E-state index contributed by atoms with van der Waals surface area (Å²) in [6.07, 6.45) is 12.6. The molecular formula is C20H26N2O4. The standard InChI is InChI=1S/C20H26N2O4/c1-19(24)20(9-4-3-5-10-20)26-18(23)22(19)11-8-14-13-21-17-7-6-15(25-2)12-16(14)17/h6-7,12-13,16,24H,3-5,8-11H2,1-2H3/t16-,19+/m1/s1. The molecule has 2 atom stereocenters. The molecule has 2 heterocycles. The predicted octanol–water partition coefficient (Wildman–Crippen LogP) is 3.29. The zero-order valence-electron chi connectivity index (χ0n) is 15.4. The minimum atomic E-state index is -1.27. The summed E-state index contributed by atoms with van der Waals surface area (Å²) in [6, 6.07) is 0. The van der Waals surface area contributed by atoms with Gasteiger partial charge in [0.2, 0.25) is 0 Å². The summed E-state index contributed by atoms with van der Waals surface area (Å²) in [5, 5.41) is 11.2. The number of rotatable bonds is 4. The van der Waals surface area contributed by atoms with Crippen molar-refractivity contribution in [3.8, 4) is 0 Å². The van der Waals surface area contributed by atoms with Gasteiger partial charge in [-0.3, -0.25) is 9.89 Å². The van der Waals surface area contributed by atoms with E-state index in [1.165, 1.54) is 4.90 Å². The van der Waals surface area contributed by atoms with Crippen molar-refractivity contribution in [2.45, 2.75) is 56.8 Å². The van der Waals surface area contributed by atoms with E-state index in [4.69, 9.17) is 9.47 Å². The van der Waals surface area contributed by atoms with Gasteiger partial charge in [0.25, 0.3) is 0 Å². The molecule has 2 aliphatic carbocycles. The molecule has 0 radical (unpaired) electrons. The second-order valence-electron chi connectivity index (χ2n) is 7.69. The van der Waals surface area contributed by atoms with E-state index in [0.717, 1.165) is 49.1 Å². The molecule has 0 aromatic rings. The number of hydrogen-bond acceptors (Lipinski definition) is 5. The zero-order valence-corrected chi connectivity index (χ0v) is 15.4. The fraction of sp³-hybridized carbons (Fsp3) is 0.600. The molecule has 1 amide bonds. The van der Waals surface area contributed by atoms with Gasteiger partial charge in [-0.05, 0) is 62.8 Å². The van der Waals surface area contributed by atoms with Crippen LogP contribution in [0.5, 0.6) is 0 Å². The van der Waals surface area contributed by atoms with Crippen LogP contribution in [-0.2, 0) is 9.47 Å². The summed E-state index contributed by atoms with van der Waals surface area (Å²) < 4.78 is 11.0. The number of allylic oxidation sites excluding steroid dienone is 3. The van der Waals surface area contributed by atoms with E-state index in [9.17, 15) is 9.90 Å². The third-order valence-electron chi connectivity index (χ3n) is 6.26. The minimum absolute atomic E-state index is 0.0853. The van der Waals surface area contributed by atoms with Crippen LogP contribution in [0, 0.1) is 5.92 Å². The monoisotopic (exact) mass is 358 g/mol. The van der Waals surface area contributed by atoms with Crippen molar-refractivity contribution in [1.29, 1.82) is 0 Å². The van der Waals surface area contributed by atoms with Gasteiger partial charge in [0.05, 0.1) is 12.8 Å². The Hall–Kier alpha value is -2.08. The SMILES string of the molecule is COC1=C[C@@H]2C(CCN3C(=O)OC4(CCCCC4)[C@]3(C)O)=CN=C2C=C1. The number of carbonyl (C=O) groups is 1. The predicted molar refractivity (Wildman–Crippen MR) is 97.5 cm³/mol. The van der Waals surface area contributed by atoms with Crippen LogP contribution in [0.1, 0.15) is 45.4 Å². The van der Waals surface area contributed by atoms with Crippen LogP contribution in [0.3, 0.4) is 0 Å². The third kappa shape index (κ3) is 2.58. The summed E-state index contributed by atoms with van der Waals surface area (Å²) in [7, 11) is 1.65. The molecule has 0 bridgehead atoms. The molecule has 1 N–H and O–H groups in total. The highest BCUT2D eigenvalue weighted by molar-refractivity contribution is 6.03. The quantitative estimate of drug-likeness (QED) is 0.837. The first kappa shape index (κ1) is 17.3. The number of methoxy groups -OCH3 is 1. The first-order valence-electron chi connectivity index (χ1n) is 9.40. The highest BCUT2D eigenvalue weighted by Crippen LogP contribution is 2.47. The fourth-order valence-electron chi connectivity index (χ4n) is 4.58. The van der Waals surface area contributed by atoms with Gasteiger partial charge in [0.15, 0.2) is 11.3 Å². The lowest BCUT2D eigenvalue weighted by Gasteiger charge is -2.42. The highest BCUT2D eigenvalue weighted by atomic mass is 16.6. The lowest BCUT2D eigenvalue weighted by atomic mass is 9.77. The Morgan fingerprint density at radius 1 is 1.35 bits per heavy atom. The molecule has 2 fully saturated rings. The van der Waals surface area contributed by atoms with Gasteiger partial charge in [0, 0.05) is 18.7 Å². The molecule has 1 saturated carbocycles. The Morgan fingerprint density at radius 2 is 2.12 bits per heavy atom. The lowest BCUT2D eigenvalue weighted by Crippen LogP contribution is -2.57. The van der Waals surface area contributed by atoms with E-state index in [1.807, 2.05) is 24.4 Å². The van der Waals surface area contributed by atoms with Gasteiger partial charge in [-0.25, -0.2) is 4.79 Å². The van der Waals surface area contributed by atoms with Gasteiger partial charge in [-0.15, -0.1) is 0 Å².